The molecule has 1 saturated heterocycles. The molecule has 1 aliphatic heterocycles. The van der Waals surface area contributed by atoms with Gasteiger partial charge in [0.05, 0.1) is 30.0 Å². The van der Waals surface area contributed by atoms with Crippen LogP contribution >= 0.6 is 27.5 Å². The number of ether oxygens (including phenoxy) is 1. The van der Waals surface area contributed by atoms with Gasteiger partial charge in [0, 0.05) is 11.9 Å². The van der Waals surface area contributed by atoms with Crippen LogP contribution in [0.2, 0.25) is 5.02 Å². The van der Waals surface area contributed by atoms with E-state index in [4.69, 9.17) is 16.3 Å². The van der Waals surface area contributed by atoms with Gasteiger partial charge in [-0.1, -0.05) is 40.5 Å². The van der Waals surface area contributed by atoms with Crippen LogP contribution in [0.15, 0.2) is 18.2 Å². The Morgan fingerprint density at radius 2 is 2.35 bits per heavy atom. The fourth-order valence-corrected chi connectivity index (χ4v) is 2.84. The highest BCUT2D eigenvalue weighted by molar-refractivity contribution is 9.08. The summed E-state index contributed by atoms with van der Waals surface area (Å²) in [5.74, 6) is 0. The zero-order valence-electron chi connectivity index (χ0n) is 9.96. The highest BCUT2D eigenvalue weighted by Gasteiger charge is 2.23. The van der Waals surface area contributed by atoms with Gasteiger partial charge in [-0.3, -0.25) is 0 Å². The van der Waals surface area contributed by atoms with Crippen molar-refractivity contribution in [1.82, 2.24) is 0 Å². The summed E-state index contributed by atoms with van der Waals surface area (Å²) in [5, 5.41) is 1.68. The van der Waals surface area contributed by atoms with E-state index >= 15 is 0 Å². The number of anilines is 1. The van der Waals surface area contributed by atoms with Gasteiger partial charge >= 0.3 is 0 Å². The highest BCUT2D eigenvalue weighted by atomic mass is 79.9. The van der Waals surface area contributed by atoms with Crippen LogP contribution in [0.4, 0.5) is 5.69 Å². The second kappa shape index (κ2) is 6.07. The van der Waals surface area contributed by atoms with Crippen molar-refractivity contribution >= 4 is 33.2 Å². The average Bonchev–Trinajstić information content (AvgIpc) is 2.38. The molecule has 1 aromatic rings. The van der Waals surface area contributed by atoms with E-state index in [1.807, 2.05) is 6.07 Å². The fourth-order valence-electron chi connectivity index (χ4n) is 2.18. The summed E-state index contributed by atoms with van der Waals surface area (Å²) in [6, 6.07) is 6.72. The molecule has 0 N–H and O–H groups in total. The van der Waals surface area contributed by atoms with E-state index in [1.165, 1.54) is 5.56 Å². The smallest absolute Gasteiger partial charge is 0.0670 e. The fraction of sp³-hybridized carbons (Fsp3) is 0.538. The normalized spacial score (nSPS) is 20.6. The number of benzene rings is 1. The van der Waals surface area contributed by atoms with Crippen molar-refractivity contribution in [3.05, 3.63) is 28.8 Å². The minimum atomic E-state index is 0.441. The standard InChI is InChI=1S/C13H17BrClNO/c1-2-11-9-17-6-5-16(11)13-4-3-10(8-14)7-12(13)15/h3-4,7,11H,2,5-6,8-9H2,1H3. The Kier molecular flexibility index (Phi) is 4.71. The number of hydrogen-bond donors (Lipinski definition) is 0. The predicted molar refractivity (Wildman–Crippen MR) is 76.3 cm³/mol. The summed E-state index contributed by atoms with van der Waals surface area (Å²) in [6.45, 7) is 4.69. The number of alkyl halides is 1. The summed E-state index contributed by atoms with van der Waals surface area (Å²) in [4.78, 5) is 2.36. The number of hydrogen-bond acceptors (Lipinski definition) is 2. The topological polar surface area (TPSA) is 12.5 Å². The monoisotopic (exact) mass is 317 g/mol. The first-order valence-electron chi connectivity index (χ1n) is 5.95. The van der Waals surface area contributed by atoms with Crippen molar-refractivity contribution in [3.63, 3.8) is 0 Å². The Bertz CT molecular complexity index is 386. The highest BCUT2D eigenvalue weighted by Crippen LogP contribution is 2.30. The molecule has 1 atom stereocenters. The molecule has 17 heavy (non-hydrogen) atoms. The summed E-state index contributed by atoms with van der Waals surface area (Å²) in [7, 11) is 0. The largest absolute Gasteiger partial charge is 0.377 e. The predicted octanol–water partition coefficient (Wildman–Crippen LogP) is 3.85. The Balaban J connectivity index is 2.25. The molecular formula is C13H17BrClNO. The van der Waals surface area contributed by atoms with Crippen molar-refractivity contribution in [2.75, 3.05) is 24.7 Å². The van der Waals surface area contributed by atoms with Crippen molar-refractivity contribution in [2.24, 2.45) is 0 Å². The summed E-state index contributed by atoms with van der Waals surface area (Å²) < 4.78 is 5.52. The molecule has 0 radical (unpaired) electrons. The number of rotatable bonds is 3. The molecule has 1 unspecified atom stereocenters. The molecule has 0 aromatic heterocycles. The van der Waals surface area contributed by atoms with E-state index in [1.54, 1.807) is 0 Å². The summed E-state index contributed by atoms with van der Waals surface area (Å²) >= 11 is 9.81. The molecule has 0 bridgehead atoms. The van der Waals surface area contributed by atoms with Gasteiger partial charge in [-0.2, -0.15) is 0 Å². The quantitative estimate of drug-likeness (QED) is 0.785. The molecule has 1 fully saturated rings. The van der Waals surface area contributed by atoms with Gasteiger partial charge in [-0.25, -0.2) is 0 Å². The second-order valence-electron chi connectivity index (χ2n) is 4.25. The van der Waals surface area contributed by atoms with Crippen molar-refractivity contribution in [3.8, 4) is 0 Å². The molecule has 0 saturated carbocycles. The summed E-state index contributed by atoms with van der Waals surface area (Å²) in [6.07, 6.45) is 1.08. The van der Waals surface area contributed by atoms with Gasteiger partial charge in [0.25, 0.3) is 0 Å². The van der Waals surface area contributed by atoms with Crippen LogP contribution in [0.3, 0.4) is 0 Å². The maximum Gasteiger partial charge on any atom is 0.0670 e. The average molecular weight is 319 g/mol. The third-order valence-electron chi connectivity index (χ3n) is 3.17. The molecule has 1 heterocycles. The molecule has 2 nitrogen and oxygen atoms in total. The van der Waals surface area contributed by atoms with E-state index in [0.717, 1.165) is 42.2 Å². The molecule has 1 aromatic carbocycles. The zero-order chi connectivity index (χ0) is 12.3. The van der Waals surface area contributed by atoms with Gasteiger partial charge < -0.3 is 9.64 Å². The van der Waals surface area contributed by atoms with Crippen LogP contribution in [0.1, 0.15) is 18.9 Å². The number of morpholine rings is 1. The van der Waals surface area contributed by atoms with Crippen LogP contribution in [0, 0.1) is 0 Å². The first-order chi connectivity index (χ1) is 8.26. The van der Waals surface area contributed by atoms with Gasteiger partial charge in [0.15, 0.2) is 0 Å². The lowest BCUT2D eigenvalue weighted by Crippen LogP contribution is -2.45. The van der Waals surface area contributed by atoms with Crippen LogP contribution in [0.25, 0.3) is 0 Å². The second-order valence-corrected chi connectivity index (χ2v) is 5.22. The van der Waals surface area contributed by atoms with Crippen molar-refractivity contribution in [1.29, 1.82) is 0 Å². The van der Waals surface area contributed by atoms with Crippen molar-refractivity contribution in [2.45, 2.75) is 24.7 Å². The minimum absolute atomic E-state index is 0.441. The van der Waals surface area contributed by atoms with E-state index in [0.29, 0.717) is 6.04 Å². The lowest BCUT2D eigenvalue weighted by atomic mass is 10.1. The third kappa shape index (κ3) is 2.95. The summed E-state index contributed by atoms with van der Waals surface area (Å²) in [5.41, 5.74) is 2.34. The Hall–Kier alpha value is -0.250. The first-order valence-corrected chi connectivity index (χ1v) is 7.45. The van der Waals surface area contributed by atoms with E-state index < -0.39 is 0 Å². The Labute approximate surface area is 116 Å². The van der Waals surface area contributed by atoms with Crippen LogP contribution in [-0.4, -0.2) is 25.8 Å². The zero-order valence-corrected chi connectivity index (χ0v) is 12.3. The van der Waals surface area contributed by atoms with Gasteiger partial charge in [-0.05, 0) is 24.1 Å². The van der Waals surface area contributed by atoms with Gasteiger partial charge in [0.1, 0.15) is 0 Å². The van der Waals surface area contributed by atoms with E-state index in [-0.39, 0.29) is 0 Å². The molecule has 94 valence electrons. The third-order valence-corrected chi connectivity index (χ3v) is 4.12. The molecule has 4 heteroatoms. The SMILES string of the molecule is CCC1COCCN1c1ccc(CBr)cc1Cl. The van der Waals surface area contributed by atoms with E-state index in [9.17, 15) is 0 Å². The maximum absolute atomic E-state index is 6.36. The van der Waals surface area contributed by atoms with Crippen LogP contribution in [-0.2, 0) is 10.1 Å². The molecule has 0 aliphatic carbocycles. The molecule has 1 aliphatic rings. The lowest BCUT2D eigenvalue weighted by molar-refractivity contribution is 0.0930. The Morgan fingerprint density at radius 1 is 1.53 bits per heavy atom. The van der Waals surface area contributed by atoms with Crippen molar-refractivity contribution < 1.29 is 4.74 Å². The molecule has 2 rings (SSSR count). The Morgan fingerprint density at radius 3 is 3.00 bits per heavy atom. The molecular weight excluding hydrogens is 302 g/mol. The maximum atomic E-state index is 6.36. The number of halogens is 2. The van der Waals surface area contributed by atoms with Crippen LogP contribution in [0.5, 0.6) is 0 Å². The minimum Gasteiger partial charge on any atom is -0.377 e. The van der Waals surface area contributed by atoms with Gasteiger partial charge in [-0.15, -0.1) is 0 Å². The molecule has 0 spiro atoms. The first kappa shape index (κ1) is 13.2. The van der Waals surface area contributed by atoms with Crippen LogP contribution < -0.4 is 4.90 Å². The van der Waals surface area contributed by atoms with Gasteiger partial charge in [0.2, 0.25) is 0 Å². The molecule has 0 amide bonds. The van der Waals surface area contributed by atoms with E-state index in [2.05, 4.69) is 39.9 Å². The lowest BCUT2D eigenvalue weighted by Gasteiger charge is -2.37. The number of nitrogens with zero attached hydrogens (tertiary/aromatic N) is 1.